The van der Waals surface area contributed by atoms with Crippen molar-refractivity contribution in [1.29, 1.82) is 0 Å². The van der Waals surface area contributed by atoms with Crippen LogP contribution >= 0.6 is 35.3 Å². The molecule has 0 bridgehead atoms. The van der Waals surface area contributed by atoms with Gasteiger partial charge in [0.1, 0.15) is 0 Å². The lowest BCUT2D eigenvalue weighted by atomic mass is 9.97. The van der Waals surface area contributed by atoms with Crippen molar-refractivity contribution in [2.24, 2.45) is 16.6 Å². The van der Waals surface area contributed by atoms with E-state index in [1.54, 1.807) is 11.3 Å². The van der Waals surface area contributed by atoms with Crippen molar-refractivity contribution in [3.05, 3.63) is 16.1 Å². The molecular formula is C17H32IN5OS. The van der Waals surface area contributed by atoms with Crippen molar-refractivity contribution >= 4 is 41.3 Å². The summed E-state index contributed by atoms with van der Waals surface area (Å²) in [5, 5.41) is 6.48. The highest BCUT2D eigenvalue weighted by atomic mass is 127. The molecule has 0 saturated carbocycles. The van der Waals surface area contributed by atoms with Gasteiger partial charge in [-0.25, -0.2) is 4.98 Å². The lowest BCUT2D eigenvalue weighted by Gasteiger charge is -2.30. The van der Waals surface area contributed by atoms with E-state index in [1.165, 1.54) is 18.5 Å². The summed E-state index contributed by atoms with van der Waals surface area (Å²) in [5.74, 6) is 1.20. The van der Waals surface area contributed by atoms with E-state index in [4.69, 9.17) is 10.5 Å². The van der Waals surface area contributed by atoms with Gasteiger partial charge >= 0.3 is 0 Å². The van der Waals surface area contributed by atoms with Crippen molar-refractivity contribution in [2.75, 3.05) is 39.4 Å². The van der Waals surface area contributed by atoms with E-state index in [-0.39, 0.29) is 24.0 Å². The van der Waals surface area contributed by atoms with Gasteiger partial charge in [-0.2, -0.15) is 0 Å². The maximum atomic E-state index is 5.92. The molecule has 6 nitrogen and oxygen atoms in total. The summed E-state index contributed by atoms with van der Waals surface area (Å²) < 4.78 is 5.30. The highest BCUT2D eigenvalue weighted by Crippen LogP contribution is 2.20. The molecule has 144 valence electrons. The minimum Gasteiger partial charge on any atom is -0.382 e. The normalized spacial score (nSPS) is 16.6. The molecule has 1 aliphatic rings. The van der Waals surface area contributed by atoms with E-state index in [0.717, 1.165) is 57.4 Å². The molecule has 0 unspecified atom stereocenters. The third kappa shape index (κ3) is 9.16. The fourth-order valence-electron chi connectivity index (χ4n) is 2.86. The van der Waals surface area contributed by atoms with Crippen LogP contribution in [0, 0.1) is 12.8 Å². The Hall–Kier alpha value is -0.450. The zero-order valence-corrected chi connectivity index (χ0v) is 18.5. The Morgan fingerprint density at radius 3 is 2.88 bits per heavy atom. The van der Waals surface area contributed by atoms with Gasteiger partial charge in [-0.1, -0.05) is 0 Å². The van der Waals surface area contributed by atoms with Crippen molar-refractivity contribution in [3.63, 3.8) is 0 Å². The van der Waals surface area contributed by atoms with Gasteiger partial charge in [-0.15, -0.1) is 35.3 Å². The number of aromatic nitrogens is 1. The summed E-state index contributed by atoms with van der Waals surface area (Å²) in [6.07, 6.45) is 3.33. The Kier molecular flexibility index (Phi) is 11.6. The number of nitrogens with one attached hydrogen (secondary N) is 1. The number of aliphatic imine (C=N–C) groups is 1. The van der Waals surface area contributed by atoms with Gasteiger partial charge in [0.15, 0.2) is 5.96 Å². The standard InChI is InChI=1S/C17H31N5OS.HI/c1-3-23-10-4-7-19-17(18)20-11-15-5-8-22(9-6-15)12-16-13-24-14(2)21-16;/h13,15H,3-12H2,1-2H3,(H3,18,19,20);1H. The van der Waals surface area contributed by atoms with Gasteiger partial charge in [0.25, 0.3) is 0 Å². The van der Waals surface area contributed by atoms with Gasteiger partial charge in [-0.3, -0.25) is 9.89 Å². The summed E-state index contributed by atoms with van der Waals surface area (Å²) in [4.78, 5) is 11.5. The number of nitrogens with zero attached hydrogens (tertiary/aromatic N) is 3. The van der Waals surface area contributed by atoms with Crippen LogP contribution in [0.3, 0.4) is 0 Å². The molecule has 1 saturated heterocycles. The molecule has 1 fully saturated rings. The van der Waals surface area contributed by atoms with Crippen molar-refractivity contribution in [3.8, 4) is 0 Å². The summed E-state index contributed by atoms with van der Waals surface area (Å²) >= 11 is 1.73. The first-order valence-electron chi connectivity index (χ1n) is 8.92. The predicted octanol–water partition coefficient (Wildman–Crippen LogP) is 2.61. The monoisotopic (exact) mass is 481 g/mol. The minimum absolute atomic E-state index is 0. The first-order valence-corrected chi connectivity index (χ1v) is 9.80. The fraction of sp³-hybridized carbons (Fsp3) is 0.765. The van der Waals surface area contributed by atoms with E-state index >= 15 is 0 Å². The number of aryl methyl sites for hydroxylation is 1. The van der Waals surface area contributed by atoms with Crippen molar-refractivity contribution in [2.45, 2.75) is 39.7 Å². The number of nitrogens with two attached hydrogens (primary N) is 1. The molecule has 0 atom stereocenters. The summed E-state index contributed by atoms with van der Waals surface area (Å²) in [6.45, 7) is 10.5. The molecular weight excluding hydrogens is 449 g/mol. The first-order chi connectivity index (χ1) is 11.7. The van der Waals surface area contributed by atoms with Crippen LogP contribution < -0.4 is 11.1 Å². The number of ether oxygens (including phenoxy) is 1. The maximum Gasteiger partial charge on any atom is 0.188 e. The molecule has 0 aromatic carbocycles. The van der Waals surface area contributed by atoms with E-state index in [2.05, 4.69) is 32.5 Å². The Bertz CT molecular complexity index is 503. The maximum absolute atomic E-state index is 5.92. The van der Waals surface area contributed by atoms with Crippen LogP contribution in [0.15, 0.2) is 10.4 Å². The highest BCUT2D eigenvalue weighted by molar-refractivity contribution is 14.0. The SMILES string of the molecule is CCOCCCNC(N)=NCC1CCN(Cc2csc(C)n2)CC1.I. The smallest absolute Gasteiger partial charge is 0.188 e. The second kappa shape index (κ2) is 12.8. The lowest BCUT2D eigenvalue weighted by molar-refractivity contribution is 0.145. The van der Waals surface area contributed by atoms with Crippen molar-refractivity contribution in [1.82, 2.24) is 15.2 Å². The molecule has 8 heteroatoms. The number of hydrogen-bond donors (Lipinski definition) is 2. The molecule has 2 heterocycles. The van der Waals surface area contributed by atoms with E-state index in [0.29, 0.717) is 11.9 Å². The van der Waals surface area contributed by atoms with E-state index in [1.807, 2.05) is 6.92 Å². The van der Waals surface area contributed by atoms with Crippen LogP contribution in [0.2, 0.25) is 0 Å². The largest absolute Gasteiger partial charge is 0.382 e. The molecule has 0 amide bonds. The van der Waals surface area contributed by atoms with Gasteiger partial charge in [0.2, 0.25) is 0 Å². The molecule has 1 aromatic heterocycles. The molecule has 0 radical (unpaired) electrons. The third-order valence-electron chi connectivity index (χ3n) is 4.25. The Morgan fingerprint density at radius 2 is 2.24 bits per heavy atom. The topological polar surface area (TPSA) is 75.8 Å². The number of likely N-dealkylation sites (tertiary alicyclic amines) is 1. The minimum atomic E-state index is 0. The van der Waals surface area contributed by atoms with Gasteiger partial charge in [-0.05, 0) is 52.1 Å². The Balaban J connectivity index is 0.00000312. The van der Waals surface area contributed by atoms with Gasteiger partial charge in [0.05, 0.1) is 10.7 Å². The predicted molar refractivity (Wildman–Crippen MR) is 116 cm³/mol. The van der Waals surface area contributed by atoms with Crippen LogP contribution in [0.4, 0.5) is 0 Å². The zero-order chi connectivity index (χ0) is 17.2. The van der Waals surface area contributed by atoms with Crippen LogP contribution in [-0.2, 0) is 11.3 Å². The third-order valence-corrected chi connectivity index (χ3v) is 5.08. The molecule has 1 aliphatic heterocycles. The molecule has 0 spiro atoms. The molecule has 0 aliphatic carbocycles. The number of halogens is 1. The number of hydrogen-bond acceptors (Lipinski definition) is 5. The second-order valence-electron chi connectivity index (χ2n) is 6.28. The molecule has 25 heavy (non-hydrogen) atoms. The summed E-state index contributed by atoms with van der Waals surface area (Å²) in [7, 11) is 0. The number of guanidine groups is 1. The number of piperidine rings is 1. The molecule has 1 aromatic rings. The Morgan fingerprint density at radius 1 is 1.48 bits per heavy atom. The van der Waals surface area contributed by atoms with Gasteiger partial charge < -0.3 is 15.8 Å². The van der Waals surface area contributed by atoms with Crippen LogP contribution in [0.5, 0.6) is 0 Å². The summed E-state index contributed by atoms with van der Waals surface area (Å²) in [6, 6.07) is 0. The average molecular weight is 481 g/mol. The number of rotatable bonds is 9. The zero-order valence-electron chi connectivity index (χ0n) is 15.4. The van der Waals surface area contributed by atoms with E-state index in [9.17, 15) is 0 Å². The van der Waals surface area contributed by atoms with Crippen LogP contribution in [0.1, 0.15) is 36.9 Å². The Labute approximate surface area is 172 Å². The second-order valence-corrected chi connectivity index (χ2v) is 7.34. The van der Waals surface area contributed by atoms with Crippen LogP contribution in [-0.4, -0.2) is 55.2 Å². The fourth-order valence-corrected chi connectivity index (χ4v) is 3.46. The molecule has 2 rings (SSSR count). The quantitative estimate of drug-likeness (QED) is 0.246. The first kappa shape index (κ1) is 22.6. The lowest BCUT2D eigenvalue weighted by Crippen LogP contribution is -2.36. The molecule has 3 N–H and O–H groups in total. The number of thiazole rings is 1. The van der Waals surface area contributed by atoms with Crippen molar-refractivity contribution < 1.29 is 4.74 Å². The van der Waals surface area contributed by atoms with E-state index < -0.39 is 0 Å². The highest BCUT2D eigenvalue weighted by Gasteiger charge is 2.19. The van der Waals surface area contributed by atoms with Crippen LogP contribution in [0.25, 0.3) is 0 Å². The van der Waals surface area contributed by atoms with Gasteiger partial charge in [0, 0.05) is 38.2 Å². The summed E-state index contributed by atoms with van der Waals surface area (Å²) in [5.41, 5.74) is 7.12. The average Bonchev–Trinajstić information content (AvgIpc) is 2.99.